The Bertz CT molecular complexity index is 2620. The molecule has 4 heteroatoms. The minimum Gasteiger partial charge on any atom is -0.629 e. The van der Waals surface area contributed by atoms with E-state index in [1.807, 2.05) is 0 Å². The highest BCUT2D eigenvalue weighted by atomic mass is 15.2. The van der Waals surface area contributed by atoms with Crippen LogP contribution < -0.4 is 5.32 Å². The van der Waals surface area contributed by atoms with Crippen LogP contribution >= 0.6 is 0 Å². The molecular weight excluding hydrogens is 585 g/mol. The highest BCUT2D eigenvalue weighted by Gasteiger charge is 2.22. The van der Waals surface area contributed by atoms with E-state index in [0.29, 0.717) is 0 Å². The number of hydrogen-bond acceptors (Lipinski definition) is 1. The van der Waals surface area contributed by atoms with Gasteiger partial charge in [0.2, 0.25) is 0 Å². The molecule has 0 radical (unpaired) electrons. The van der Waals surface area contributed by atoms with Gasteiger partial charge in [-0.1, -0.05) is 127 Å². The van der Waals surface area contributed by atoms with Crippen molar-refractivity contribution in [3.63, 3.8) is 0 Å². The van der Waals surface area contributed by atoms with Gasteiger partial charge in [0, 0.05) is 38.6 Å². The summed E-state index contributed by atoms with van der Waals surface area (Å²) in [4.78, 5) is 0. The third-order valence-corrected chi connectivity index (χ3v) is 9.87. The maximum atomic E-state index is 5.28. The Hall–Kier alpha value is -6.10. The van der Waals surface area contributed by atoms with Gasteiger partial charge >= 0.3 is 0 Å². The van der Waals surface area contributed by atoms with E-state index in [9.17, 15) is 0 Å². The maximum Gasteiger partial charge on any atom is 0.0548 e. The van der Waals surface area contributed by atoms with Crippen LogP contribution in [0.3, 0.4) is 0 Å². The molecule has 0 saturated heterocycles. The van der Waals surface area contributed by atoms with Crippen LogP contribution in [0.2, 0.25) is 0 Å². The summed E-state index contributed by atoms with van der Waals surface area (Å²) in [5.74, 6) is 0. The van der Waals surface area contributed by atoms with E-state index in [4.69, 9.17) is 5.32 Å². The van der Waals surface area contributed by atoms with Crippen LogP contribution in [0.5, 0.6) is 0 Å². The molecule has 8 aromatic rings. The number of rotatable bonds is 4. The average Bonchev–Trinajstić information content (AvgIpc) is 3.66. The monoisotopic (exact) mass is 615 g/mol. The van der Waals surface area contributed by atoms with Crippen LogP contribution in [0.25, 0.3) is 66.0 Å². The highest BCUT2D eigenvalue weighted by Crippen LogP contribution is 2.41. The lowest BCUT2D eigenvalue weighted by molar-refractivity contribution is 0.672. The quantitative estimate of drug-likeness (QED) is 0.210. The lowest BCUT2D eigenvalue weighted by Crippen LogP contribution is -2.31. The summed E-state index contributed by atoms with van der Waals surface area (Å²) in [6, 6.07) is 52.5. The molecule has 1 aliphatic carbocycles. The van der Waals surface area contributed by atoms with Gasteiger partial charge in [0.05, 0.1) is 22.1 Å². The van der Waals surface area contributed by atoms with Gasteiger partial charge in [-0.05, 0) is 71.4 Å². The SMILES string of the molecule is C1=CC2=C(c3ccccc3)NC(c3cccc(-n4c5ccccc5c5cc6c(cc54)c4ccccc4n6-c4ccccc4)c3)[N-]C2C=C1. The second-order valence-corrected chi connectivity index (χ2v) is 12.6. The molecule has 3 heterocycles. The molecule has 0 fully saturated rings. The van der Waals surface area contributed by atoms with E-state index in [0.717, 1.165) is 16.9 Å². The number of allylic oxidation sites excluding steroid dienone is 2. The van der Waals surface area contributed by atoms with Crippen molar-refractivity contribution in [2.45, 2.75) is 12.2 Å². The predicted molar refractivity (Wildman–Crippen MR) is 200 cm³/mol. The molecule has 2 unspecified atom stereocenters. The van der Waals surface area contributed by atoms with Crippen LogP contribution in [0, 0.1) is 0 Å². The normalized spacial score (nSPS) is 17.4. The van der Waals surface area contributed by atoms with Crippen molar-refractivity contribution in [1.29, 1.82) is 0 Å². The Morgan fingerprint density at radius 3 is 1.81 bits per heavy atom. The van der Waals surface area contributed by atoms with E-state index in [2.05, 4.69) is 184 Å². The minimum absolute atomic E-state index is 0.00330. The third-order valence-electron chi connectivity index (χ3n) is 9.87. The van der Waals surface area contributed by atoms with Crippen LogP contribution in [0.4, 0.5) is 0 Å². The summed E-state index contributed by atoms with van der Waals surface area (Å²) in [5, 5.41) is 14.1. The average molecular weight is 616 g/mol. The Balaban J connectivity index is 1.17. The number of para-hydroxylation sites is 3. The van der Waals surface area contributed by atoms with E-state index in [-0.39, 0.29) is 12.2 Å². The van der Waals surface area contributed by atoms with Crippen molar-refractivity contribution < 1.29 is 0 Å². The third kappa shape index (κ3) is 4.13. The molecule has 2 aliphatic rings. The second kappa shape index (κ2) is 10.7. The predicted octanol–water partition coefficient (Wildman–Crippen LogP) is 10.8. The molecule has 0 spiro atoms. The first kappa shape index (κ1) is 27.1. The molecule has 48 heavy (non-hydrogen) atoms. The van der Waals surface area contributed by atoms with Gasteiger partial charge in [-0.15, -0.1) is 0 Å². The fraction of sp³-hybridized carbons (Fsp3) is 0.0455. The van der Waals surface area contributed by atoms with Gasteiger partial charge in [-0.2, -0.15) is 0 Å². The van der Waals surface area contributed by atoms with Crippen molar-refractivity contribution in [2.75, 3.05) is 0 Å². The number of fused-ring (bicyclic) bond motifs is 7. The first-order chi connectivity index (χ1) is 23.8. The van der Waals surface area contributed by atoms with Crippen molar-refractivity contribution in [3.05, 3.63) is 192 Å². The fourth-order valence-corrected chi connectivity index (χ4v) is 7.73. The van der Waals surface area contributed by atoms with Gasteiger partial charge in [0.1, 0.15) is 0 Å². The van der Waals surface area contributed by atoms with Crippen LogP contribution in [-0.4, -0.2) is 15.2 Å². The zero-order valence-electron chi connectivity index (χ0n) is 26.2. The molecule has 228 valence electrons. The van der Waals surface area contributed by atoms with Crippen LogP contribution in [-0.2, 0) is 0 Å². The lowest BCUT2D eigenvalue weighted by atomic mass is 9.92. The number of nitrogens with one attached hydrogen (secondary N) is 1. The van der Waals surface area contributed by atoms with Gasteiger partial charge in [-0.3, -0.25) is 0 Å². The number of aromatic nitrogens is 2. The molecule has 2 atom stereocenters. The van der Waals surface area contributed by atoms with E-state index in [1.165, 1.54) is 60.4 Å². The Morgan fingerprint density at radius 2 is 1.10 bits per heavy atom. The van der Waals surface area contributed by atoms with Crippen LogP contribution in [0.15, 0.2) is 175 Å². The smallest absolute Gasteiger partial charge is 0.0548 e. The molecule has 1 aliphatic heterocycles. The first-order valence-corrected chi connectivity index (χ1v) is 16.5. The van der Waals surface area contributed by atoms with Gasteiger partial charge in [0.25, 0.3) is 0 Å². The van der Waals surface area contributed by atoms with Gasteiger partial charge in [-0.25, -0.2) is 0 Å². The van der Waals surface area contributed by atoms with Crippen molar-refractivity contribution >= 4 is 49.3 Å². The highest BCUT2D eigenvalue weighted by molar-refractivity contribution is 6.19. The maximum absolute atomic E-state index is 5.28. The van der Waals surface area contributed by atoms with E-state index < -0.39 is 0 Å². The zero-order chi connectivity index (χ0) is 31.6. The number of benzene rings is 6. The summed E-state index contributed by atoms with van der Waals surface area (Å²) >= 11 is 0. The summed E-state index contributed by atoms with van der Waals surface area (Å²) in [7, 11) is 0. The zero-order valence-corrected chi connectivity index (χ0v) is 26.2. The molecule has 2 aromatic heterocycles. The molecule has 0 saturated carbocycles. The lowest BCUT2D eigenvalue weighted by Gasteiger charge is -2.47. The molecule has 4 nitrogen and oxygen atoms in total. The Morgan fingerprint density at radius 1 is 0.500 bits per heavy atom. The molecule has 0 bridgehead atoms. The number of hydrogen-bond donors (Lipinski definition) is 1. The number of nitrogens with zero attached hydrogens (tertiary/aromatic N) is 3. The first-order valence-electron chi connectivity index (χ1n) is 16.5. The summed E-state index contributed by atoms with van der Waals surface area (Å²) < 4.78 is 4.82. The minimum atomic E-state index is -0.186. The van der Waals surface area contributed by atoms with Gasteiger partial charge < -0.3 is 19.8 Å². The molecule has 1 N–H and O–H groups in total. The topological polar surface area (TPSA) is 36.0 Å². The summed E-state index contributed by atoms with van der Waals surface area (Å²) in [6.07, 6.45) is 8.40. The van der Waals surface area contributed by atoms with E-state index in [1.54, 1.807) is 0 Å². The summed E-state index contributed by atoms with van der Waals surface area (Å²) in [5.41, 5.74) is 11.7. The van der Waals surface area contributed by atoms with Crippen molar-refractivity contribution in [1.82, 2.24) is 14.5 Å². The Kier molecular flexibility index (Phi) is 6.05. The van der Waals surface area contributed by atoms with Gasteiger partial charge in [0.15, 0.2) is 0 Å². The fourth-order valence-electron chi connectivity index (χ4n) is 7.73. The largest absolute Gasteiger partial charge is 0.629 e. The van der Waals surface area contributed by atoms with E-state index >= 15 is 0 Å². The molecular formula is C44H31N4-. The molecule has 10 rings (SSSR count). The standard InChI is InChI=1S/C44H31N4/c1-3-14-29(15-4-1)43-35-22-7-10-23-38(35)45-44(46-43)30-16-13-19-32(26-30)48-40-25-12-9-21-34(40)37-27-41-36(28-42(37)48)33-20-8-11-24-39(33)47(41)31-17-5-2-6-18-31/h1-28,38,44,46H/q-1. The van der Waals surface area contributed by atoms with Crippen molar-refractivity contribution in [2.24, 2.45) is 0 Å². The molecule has 0 amide bonds. The summed E-state index contributed by atoms with van der Waals surface area (Å²) in [6.45, 7) is 0. The van der Waals surface area contributed by atoms with Crippen LogP contribution in [0.1, 0.15) is 17.3 Å². The molecule has 6 aromatic carbocycles. The van der Waals surface area contributed by atoms with Crippen molar-refractivity contribution in [3.8, 4) is 11.4 Å². The Labute approximate surface area is 278 Å². The second-order valence-electron chi connectivity index (χ2n) is 12.6.